The maximum Gasteiger partial charge on any atom is 0.287 e. The molecule has 17 nitrogen and oxygen atoms in total. The molecule has 8 rings (SSSR count). The number of rotatable bonds is 12. The molecule has 3 aliphatic heterocycles. The summed E-state index contributed by atoms with van der Waals surface area (Å²) in [6.45, 7) is 6.73. The molecular formula is C39H48N10O7. The second kappa shape index (κ2) is 14.1. The number of aliphatic hydroxyl groups excluding tert-OH is 2. The molecule has 2 aliphatic carbocycles. The van der Waals surface area contributed by atoms with Gasteiger partial charge in [0.15, 0.2) is 17.0 Å². The Morgan fingerprint density at radius 2 is 2.09 bits per heavy atom. The lowest BCUT2D eigenvalue weighted by Gasteiger charge is -2.63. The Labute approximate surface area is 322 Å². The van der Waals surface area contributed by atoms with Gasteiger partial charge in [0, 0.05) is 37.0 Å². The first kappa shape index (κ1) is 37.8. The van der Waals surface area contributed by atoms with E-state index in [1.807, 2.05) is 32.0 Å². The van der Waals surface area contributed by atoms with Crippen molar-refractivity contribution in [2.75, 3.05) is 25.1 Å². The van der Waals surface area contributed by atoms with E-state index in [0.717, 1.165) is 0 Å². The predicted octanol–water partition coefficient (Wildman–Crippen LogP) is 1.14. The number of guanidine groups is 1. The van der Waals surface area contributed by atoms with Crippen molar-refractivity contribution in [2.24, 2.45) is 44.7 Å². The molecule has 1 spiro atoms. The third kappa shape index (κ3) is 6.45. The zero-order valence-corrected chi connectivity index (χ0v) is 31.8. The fourth-order valence-electron chi connectivity index (χ4n) is 9.85. The van der Waals surface area contributed by atoms with Crippen molar-refractivity contribution < 1.29 is 34.1 Å². The number of hydrogen-bond acceptors (Lipinski definition) is 14. The van der Waals surface area contributed by atoms with Crippen molar-refractivity contribution in [3.05, 3.63) is 58.4 Å². The van der Waals surface area contributed by atoms with Gasteiger partial charge in [0.05, 0.1) is 49.9 Å². The number of Topliss-reactive ketones (excluding diaryl/α,β-unsaturated/α-hetero) is 1. The van der Waals surface area contributed by atoms with Crippen molar-refractivity contribution in [3.63, 3.8) is 0 Å². The second-order valence-corrected chi connectivity index (χ2v) is 16.3. The average Bonchev–Trinajstić information content (AvgIpc) is 3.43. The van der Waals surface area contributed by atoms with Gasteiger partial charge in [-0.2, -0.15) is 4.99 Å². The number of hydrogen-bond donors (Lipinski definition) is 7. The lowest BCUT2D eigenvalue weighted by Crippen LogP contribution is -2.67. The summed E-state index contributed by atoms with van der Waals surface area (Å²) in [7, 11) is 1.68. The van der Waals surface area contributed by atoms with E-state index in [1.54, 1.807) is 36.2 Å². The largest absolute Gasteiger partial charge is 0.480 e. The molecule has 3 fully saturated rings. The Kier molecular flexibility index (Phi) is 9.54. The smallest absolute Gasteiger partial charge is 0.287 e. The topological polar surface area (TPSA) is 248 Å². The fraction of sp³-hybridized carbons (Fsp3) is 0.538. The van der Waals surface area contributed by atoms with Crippen LogP contribution in [0, 0.1) is 28.1 Å². The van der Waals surface area contributed by atoms with Crippen molar-refractivity contribution >= 4 is 41.6 Å². The summed E-state index contributed by atoms with van der Waals surface area (Å²) in [5.41, 5.74) is -0.856. The predicted molar refractivity (Wildman–Crippen MR) is 204 cm³/mol. The summed E-state index contributed by atoms with van der Waals surface area (Å²) in [5.74, 6) is -0.182. The van der Waals surface area contributed by atoms with E-state index in [2.05, 4.69) is 47.8 Å². The number of pyridine rings is 1. The third-order valence-electron chi connectivity index (χ3n) is 13.1. The molecule has 56 heavy (non-hydrogen) atoms. The number of ketones is 1. The molecule has 3 aromatic heterocycles. The van der Waals surface area contributed by atoms with Crippen molar-refractivity contribution in [3.8, 4) is 5.95 Å². The maximum atomic E-state index is 13.5. The van der Waals surface area contributed by atoms with Crippen molar-refractivity contribution in [2.45, 2.75) is 82.7 Å². The highest BCUT2D eigenvalue weighted by molar-refractivity contribution is 6.07. The number of furan rings is 1. The number of amidine groups is 1. The van der Waals surface area contributed by atoms with E-state index in [1.165, 1.54) is 0 Å². The minimum atomic E-state index is -0.824. The number of fused-ring (bicyclic) bond motifs is 2. The number of carbonyl (C=O) groups is 2. The third-order valence-corrected chi connectivity index (χ3v) is 13.1. The van der Waals surface area contributed by atoms with Gasteiger partial charge in [0.25, 0.3) is 11.9 Å². The number of nitrogens with zero attached hydrogens (tertiary/aromatic N) is 6. The van der Waals surface area contributed by atoms with Gasteiger partial charge in [-0.1, -0.05) is 19.9 Å². The molecule has 0 radical (unpaired) electrons. The number of carbonyl (C=O) groups excluding carboxylic acids is 2. The highest BCUT2D eigenvalue weighted by Gasteiger charge is 2.71. The van der Waals surface area contributed by atoms with E-state index in [0.29, 0.717) is 61.5 Å². The summed E-state index contributed by atoms with van der Waals surface area (Å²) in [6.07, 6.45) is 6.52. The SMILES string of the molecule is CC(NC1CC2[C@](C)(CC[C@@H](O)[C@@]2(C)CO)C(CC(Nc2ccccn2)c2cc(C=c3nc4c(n3C)=NC(=N)NC4=O)oc2O)C12CO2)C(=O)CC1=NCC=N1. The van der Waals surface area contributed by atoms with Crippen molar-refractivity contribution in [1.82, 2.24) is 25.2 Å². The normalized spacial score (nSPS) is 32.0. The Bertz CT molecular complexity index is 2250. The van der Waals surface area contributed by atoms with Crippen LogP contribution in [-0.2, 0) is 16.6 Å². The van der Waals surface area contributed by atoms with Gasteiger partial charge in [-0.05, 0) is 68.1 Å². The van der Waals surface area contributed by atoms with Crippen LogP contribution in [0.15, 0.2) is 49.9 Å². The zero-order valence-electron chi connectivity index (χ0n) is 31.8. The fourth-order valence-corrected chi connectivity index (χ4v) is 9.85. The Morgan fingerprint density at radius 1 is 1.29 bits per heavy atom. The molecule has 0 bridgehead atoms. The highest BCUT2D eigenvalue weighted by Crippen LogP contribution is 2.67. The minimum absolute atomic E-state index is 0.0417. The van der Waals surface area contributed by atoms with Crippen LogP contribution >= 0.6 is 0 Å². The Morgan fingerprint density at radius 3 is 2.79 bits per heavy atom. The second-order valence-electron chi connectivity index (χ2n) is 16.3. The number of anilines is 1. The number of imidazole rings is 1. The van der Waals surface area contributed by atoms with Gasteiger partial charge in [0.1, 0.15) is 28.5 Å². The van der Waals surface area contributed by atoms with Gasteiger partial charge >= 0.3 is 0 Å². The summed E-state index contributed by atoms with van der Waals surface area (Å²) >= 11 is 0. The van der Waals surface area contributed by atoms with Gasteiger partial charge in [-0.15, -0.1) is 0 Å². The van der Waals surface area contributed by atoms with E-state index >= 15 is 0 Å². The molecule has 5 aliphatic rings. The van der Waals surface area contributed by atoms with Crippen LogP contribution in [0.25, 0.3) is 6.08 Å². The maximum absolute atomic E-state index is 13.5. The van der Waals surface area contributed by atoms with E-state index in [9.17, 15) is 24.9 Å². The number of nitrogens with one attached hydrogen (secondary N) is 4. The number of epoxide rings is 1. The zero-order chi connectivity index (χ0) is 39.6. The molecule has 296 valence electrons. The highest BCUT2D eigenvalue weighted by atomic mass is 16.6. The molecule has 7 N–H and O–H groups in total. The molecule has 17 heteroatoms. The molecule has 1 amide bonds. The number of aliphatic imine (C=N–C) groups is 2. The lowest BCUT2D eigenvalue weighted by atomic mass is 9.43. The number of ether oxygens (including phenoxy) is 1. The number of aromatic hydroxyl groups is 1. The molecule has 2 saturated carbocycles. The van der Waals surface area contributed by atoms with Crippen LogP contribution in [0.4, 0.5) is 5.82 Å². The summed E-state index contributed by atoms with van der Waals surface area (Å²) in [4.78, 5) is 47.6. The molecule has 0 aromatic carbocycles. The van der Waals surface area contributed by atoms with Crippen LogP contribution in [0.5, 0.6) is 5.95 Å². The molecule has 6 unspecified atom stereocenters. The van der Waals surface area contributed by atoms with Gasteiger partial charge in [-0.3, -0.25) is 25.3 Å². The summed E-state index contributed by atoms with van der Waals surface area (Å²) in [6, 6.07) is 5.83. The monoisotopic (exact) mass is 768 g/mol. The Balaban J connectivity index is 1.18. The van der Waals surface area contributed by atoms with Crippen molar-refractivity contribution in [1.29, 1.82) is 5.41 Å². The first-order chi connectivity index (χ1) is 26.8. The molecule has 1 saturated heterocycles. The van der Waals surface area contributed by atoms with Gasteiger partial charge < -0.3 is 39.7 Å². The molecule has 3 aromatic rings. The van der Waals surface area contributed by atoms with E-state index in [-0.39, 0.29) is 65.5 Å². The summed E-state index contributed by atoms with van der Waals surface area (Å²) in [5, 5.41) is 51.2. The van der Waals surface area contributed by atoms with Crippen LogP contribution in [-0.4, -0.2) is 103 Å². The number of aliphatic hydroxyl groups is 2. The summed E-state index contributed by atoms with van der Waals surface area (Å²) < 4.78 is 14.0. The lowest BCUT2D eigenvalue weighted by molar-refractivity contribution is -0.184. The van der Waals surface area contributed by atoms with Crippen LogP contribution in [0.2, 0.25) is 0 Å². The molecule has 6 heterocycles. The van der Waals surface area contributed by atoms with E-state index in [4.69, 9.17) is 14.6 Å². The van der Waals surface area contributed by atoms with Gasteiger partial charge in [-0.25, -0.2) is 15.0 Å². The van der Waals surface area contributed by atoms with Crippen LogP contribution in [0.1, 0.15) is 80.7 Å². The van der Waals surface area contributed by atoms with Crippen LogP contribution in [0.3, 0.4) is 0 Å². The quantitative estimate of drug-likeness (QED) is 0.129. The number of aromatic nitrogens is 3. The first-order valence-electron chi connectivity index (χ1n) is 19.1. The number of amides is 1. The average molecular weight is 769 g/mol. The van der Waals surface area contributed by atoms with Crippen LogP contribution < -0.4 is 26.9 Å². The molecular weight excluding hydrogens is 720 g/mol. The first-order valence-corrected chi connectivity index (χ1v) is 19.1. The van der Waals surface area contributed by atoms with Gasteiger partial charge in [0.2, 0.25) is 5.96 Å². The molecule has 9 atom stereocenters. The Hall–Kier alpha value is -5.10. The minimum Gasteiger partial charge on any atom is -0.480 e. The van der Waals surface area contributed by atoms with E-state index < -0.39 is 40.5 Å². The standard InChI is InChI=1S/C39H48N10O7/c1-20(24(51)16-30-42-11-12-43-30)44-27-17-25-37(2,9-8-28(52)38(25,3)18-50)26(39(27)19-55-39)15-23(45-29-7-5-6-10-41-29)22-13-21(56-35(22)54)14-31-46-32-33(49(31)4)47-36(40)48-34(32)53/h5-7,10-11,13-14,20,23,25-28,44,50,52,54H,8-9,12,15-19H2,1-4H3,(H,41,45)(H2,40,48,53)/t20?,23?,25?,26?,27?,28-,37+,38+,39?/m1/s1.